The number of hydrogen-bond acceptors (Lipinski definition) is 1. The van der Waals surface area contributed by atoms with Gasteiger partial charge in [-0.25, -0.2) is 0 Å². The summed E-state index contributed by atoms with van der Waals surface area (Å²) in [5.41, 5.74) is 2.08. The van der Waals surface area contributed by atoms with Crippen molar-refractivity contribution in [2.45, 2.75) is 70.8 Å². The minimum Gasteiger partial charge on any atom is -0.393 e. The molecule has 1 heteroatoms. The molecule has 1 unspecified atom stereocenters. The highest BCUT2D eigenvalue weighted by atomic mass is 16.3. The molecule has 0 spiro atoms. The zero-order valence-electron chi connectivity index (χ0n) is 12.3. The first kappa shape index (κ1) is 12.4. The van der Waals surface area contributed by atoms with Crippen LogP contribution in [0.15, 0.2) is 11.6 Å². The normalized spacial score (nSPS) is 52.9. The van der Waals surface area contributed by atoms with E-state index in [1.807, 2.05) is 5.57 Å². The fraction of sp³-hybridized carbons (Fsp3) is 0.889. The van der Waals surface area contributed by atoms with E-state index in [2.05, 4.69) is 13.0 Å². The van der Waals surface area contributed by atoms with Gasteiger partial charge in [-0.1, -0.05) is 18.6 Å². The lowest BCUT2D eigenvalue weighted by Crippen LogP contribution is -2.47. The van der Waals surface area contributed by atoms with Crippen LogP contribution < -0.4 is 0 Å². The Morgan fingerprint density at radius 2 is 2.00 bits per heavy atom. The minimum absolute atomic E-state index is 0.0123. The first-order valence-corrected chi connectivity index (χ1v) is 8.57. The molecule has 19 heavy (non-hydrogen) atoms. The highest BCUT2D eigenvalue weighted by Crippen LogP contribution is 2.61. The summed E-state index contributed by atoms with van der Waals surface area (Å²) in [5, 5.41) is 10.4. The Morgan fingerprint density at radius 3 is 2.89 bits per heavy atom. The number of hydrogen-bond donors (Lipinski definition) is 1. The van der Waals surface area contributed by atoms with Crippen molar-refractivity contribution in [3.05, 3.63) is 11.6 Å². The van der Waals surface area contributed by atoms with Gasteiger partial charge in [-0.05, 0) is 86.9 Å². The van der Waals surface area contributed by atoms with Crippen LogP contribution in [0.2, 0.25) is 0 Å². The molecule has 0 radical (unpaired) electrons. The summed E-state index contributed by atoms with van der Waals surface area (Å²) in [6.07, 6.45) is 14.6. The van der Waals surface area contributed by atoms with Crippen LogP contribution in [0.4, 0.5) is 0 Å². The highest BCUT2D eigenvalue weighted by Gasteiger charge is 2.55. The molecule has 0 amide bonds. The maximum atomic E-state index is 10.4. The van der Waals surface area contributed by atoms with E-state index in [1.165, 1.54) is 51.4 Å². The molecule has 0 heterocycles. The lowest BCUT2D eigenvalue weighted by atomic mass is 9.52. The van der Waals surface area contributed by atoms with Gasteiger partial charge < -0.3 is 5.11 Å². The van der Waals surface area contributed by atoms with Crippen molar-refractivity contribution in [2.75, 3.05) is 0 Å². The third-order valence-corrected chi connectivity index (χ3v) is 7.33. The Kier molecular flexibility index (Phi) is 2.85. The first-order chi connectivity index (χ1) is 9.20. The standard InChI is InChI=1S/C18H28O/c1-18-11-10-14-13-5-3-2-4-12(13)6-7-15(14)16(18)8-9-17(18)19/h4,13-17,19H,2-3,5-11H2,1H3/t13?,14-,15-,16+,17-,18+/m1/s1. The van der Waals surface area contributed by atoms with Crippen molar-refractivity contribution >= 4 is 0 Å². The van der Waals surface area contributed by atoms with E-state index >= 15 is 0 Å². The van der Waals surface area contributed by atoms with Crippen LogP contribution in [0.25, 0.3) is 0 Å². The third-order valence-electron chi connectivity index (χ3n) is 7.33. The number of aliphatic hydroxyl groups excluding tert-OH is 1. The number of allylic oxidation sites excluding steroid dienone is 2. The van der Waals surface area contributed by atoms with Gasteiger partial charge >= 0.3 is 0 Å². The van der Waals surface area contributed by atoms with E-state index in [9.17, 15) is 5.11 Å². The van der Waals surface area contributed by atoms with Gasteiger partial charge in [-0.2, -0.15) is 0 Å². The average molecular weight is 260 g/mol. The van der Waals surface area contributed by atoms with Crippen molar-refractivity contribution in [3.8, 4) is 0 Å². The molecule has 0 aromatic rings. The third kappa shape index (κ3) is 1.70. The molecule has 0 aromatic heterocycles. The van der Waals surface area contributed by atoms with Gasteiger partial charge in [0.05, 0.1) is 6.10 Å². The summed E-state index contributed by atoms with van der Waals surface area (Å²) < 4.78 is 0. The van der Waals surface area contributed by atoms with Gasteiger partial charge in [-0.3, -0.25) is 0 Å². The molecule has 1 nitrogen and oxygen atoms in total. The quantitative estimate of drug-likeness (QED) is 0.643. The van der Waals surface area contributed by atoms with Gasteiger partial charge in [0, 0.05) is 0 Å². The molecule has 4 rings (SSSR count). The predicted molar refractivity (Wildman–Crippen MR) is 77.7 cm³/mol. The zero-order valence-corrected chi connectivity index (χ0v) is 12.3. The van der Waals surface area contributed by atoms with Crippen molar-refractivity contribution in [1.29, 1.82) is 0 Å². The van der Waals surface area contributed by atoms with Crippen molar-refractivity contribution < 1.29 is 5.11 Å². The minimum atomic E-state index is -0.0123. The summed E-state index contributed by atoms with van der Waals surface area (Å²) in [7, 11) is 0. The van der Waals surface area contributed by atoms with Crippen LogP contribution in [0, 0.1) is 29.1 Å². The first-order valence-electron chi connectivity index (χ1n) is 8.57. The van der Waals surface area contributed by atoms with Crippen LogP contribution >= 0.6 is 0 Å². The van der Waals surface area contributed by atoms with E-state index in [1.54, 1.807) is 0 Å². The van der Waals surface area contributed by atoms with Crippen LogP contribution in [0.1, 0.15) is 64.7 Å². The molecule has 4 aliphatic rings. The van der Waals surface area contributed by atoms with Crippen LogP contribution in [-0.4, -0.2) is 11.2 Å². The monoisotopic (exact) mass is 260 g/mol. The molecule has 0 saturated heterocycles. The van der Waals surface area contributed by atoms with Crippen LogP contribution in [-0.2, 0) is 0 Å². The molecular weight excluding hydrogens is 232 g/mol. The summed E-state index contributed by atoms with van der Waals surface area (Å²) in [6.45, 7) is 2.39. The highest BCUT2D eigenvalue weighted by molar-refractivity contribution is 5.18. The fourth-order valence-electron chi connectivity index (χ4n) is 6.28. The zero-order chi connectivity index (χ0) is 13.0. The van der Waals surface area contributed by atoms with E-state index in [-0.39, 0.29) is 11.5 Å². The lowest BCUT2D eigenvalue weighted by molar-refractivity contribution is -0.0533. The molecule has 3 fully saturated rings. The van der Waals surface area contributed by atoms with Crippen molar-refractivity contribution in [3.63, 3.8) is 0 Å². The van der Waals surface area contributed by atoms with Gasteiger partial charge in [-0.15, -0.1) is 0 Å². The van der Waals surface area contributed by atoms with Crippen molar-refractivity contribution in [1.82, 2.24) is 0 Å². The Hall–Kier alpha value is -0.300. The Bertz CT molecular complexity index is 398. The van der Waals surface area contributed by atoms with Crippen molar-refractivity contribution in [2.24, 2.45) is 29.1 Å². The fourth-order valence-corrected chi connectivity index (χ4v) is 6.28. The molecule has 1 N–H and O–H groups in total. The van der Waals surface area contributed by atoms with Gasteiger partial charge in [0.2, 0.25) is 0 Å². The smallest absolute Gasteiger partial charge is 0.0596 e. The Morgan fingerprint density at radius 1 is 1.11 bits per heavy atom. The number of aliphatic hydroxyl groups is 1. The summed E-state index contributed by atoms with van der Waals surface area (Å²) in [5.74, 6) is 3.64. The molecule has 4 aliphatic carbocycles. The van der Waals surface area contributed by atoms with E-state index in [4.69, 9.17) is 0 Å². The Balaban J connectivity index is 1.63. The molecule has 6 atom stereocenters. The second-order valence-corrected chi connectivity index (χ2v) is 7.93. The van der Waals surface area contributed by atoms with Gasteiger partial charge in [0.1, 0.15) is 0 Å². The molecular formula is C18H28O. The topological polar surface area (TPSA) is 20.2 Å². The maximum Gasteiger partial charge on any atom is 0.0596 e. The van der Waals surface area contributed by atoms with Crippen LogP contribution in [0.5, 0.6) is 0 Å². The lowest BCUT2D eigenvalue weighted by Gasteiger charge is -2.53. The SMILES string of the molecule is C[C@]12CC[C@@H]3C4CCCC=C4CC[C@H]3[C@@H]1CC[C@H]2O. The molecule has 0 aromatic carbocycles. The largest absolute Gasteiger partial charge is 0.393 e. The second-order valence-electron chi connectivity index (χ2n) is 7.93. The number of fused-ring (bicyclic) bond motifs is 5. The van der Waals surface area contributed by atoms with Gasteiger partial charge in [0.15, 0.2) is 0 Å². The summed E-state index contributed by atoms with van der Waals surface area (Å²) >= 11 is 0. The molecule has 0 bridgehead atoms. The predicted octanol–water partition coefficient (Wildman–Crippen LogP) is 4.31. The van der Waals surface area contributed by atoms with Crippen LogP contribution in [0.3, 0.4) is 0 Å². The van der Waals surface area contributed by atoms with Gasteiger partial charge in [0.25, 0.3) is 0 Å². The van der Waals surface area contributed by atoms with E-state index < -0.39 is 0 Å². The maximum absolute atomic E-state index is 10.4. The summed E-state index contributed by atoms with van der Waals surface area (Å²) in [4.78, 5) is 0. The Labute approximate surface area is 117 Å². The van der Waals surface area contributed by atoms with E-state index in [0.717, 1.165) is 30.1 Å². The molecule has 3 saturated carbocycles. The summed E-state index contributed by atoms with van der Waals surface area (Å²) in [6, 6.07) is 0. The number of rotatable bonds is 0. The molecule has 0 aliphatic heterocycles. The van der Waals surface area contributed by atoms with E-state index in [0.29, 0.717) is 0 Å². The average Bonchev–Trinajstić information content (AvgIpc) is 2.75. The molecule has 106 valence electrons. The second kappa shape index (κ2) is 4.35.